The van der Waals surface area contributed by atoms with Crippen LogP contribution in [0.1, 0.15) is 0 Å². The summed E-state index contributed by atoms with van der Waals surface area (Å²) in [7, 11) is -0.975. The third-order valence-electron chi connectivity index (χ3n) is 3.94. The van der Waals surface area contributed by atoms with Gasteiger partial charge in [0.05, 0.1) is 19.4 Å². The fourth-order valence-corrected chi connectivity index (χ4v) is 2.45. The van der Waals surface area contributed by atoms with Crippen molar-refractivity contribution in [3.63, 3.8) is 0 Å². The summed E-state index contributed by atoms with van der Waals surface area (Å²) in [5, 5.41) is 4.43. The van der Waals surface area contributed by atoms with E-state index in [2.05, 4.69) is 17.3 Å². The van der Waals surface area contributed by atoms with Gasteiger partial charge in [0.25, 0.3) is 6.73 Å². The average Bonchev–Trinajstić information content (AvgIpc) is 3.12. The number of aryl methyl sites for hydroxylation is 1. The van der Waals surface area contributed by atoms with Crippen molar-refractivity contribution in [1.29, 1.82) is 0 Å². The fourth-order valence-electron chi connectivity index (χ4n) is 2.45. The first-order chi connectivity index (χ1) is 15.0. The van der Waals surface area contributed by atoms with Crippen molar-refractivity contribution in [3.05, 3.63) is 54.7 Å². The van der Waals surface area contributed by atoms with E-state index in [9.17, 15) is 13.2 Å². The third-order valence-corrected chi connectivity index (χ3v) is 4.51. The van der Waals surface area contributed by atoms with E-state index in [-0.39, 0.29) is 0 Å². The van der Waals surface area contributed by atoms with Crippen molar-refractivity contribution in [2.75, 3.05) is 14.2 Å². The number of benzene rings is 2. The predicted molar refractivity (Wildman–Crippen MR) is 105 cm³/mol. The number of rotatable bonds is 6. The van der Waals surface area contributed by atoms with Gasteiger partial charge in [-0.05, 0) is 12.1 Å². The lowest BCUT2D eigenvalue weighted by Gasteiger charge is -2.09. The average molecular weight is 475 g/mol. The molecular formula is C19H20F3N3O6S. The maximum Gasteiger partial charge on any atom is 0.485 e. The summed E-state index contributed by atoms with van der Waals surface area (Å²) in [6, 6.07) is 15.6. The molecule has 32 heavy (non-hydrogen) atoms. The maximum atomic E-state index is 10.7. The Labute approximate surface area is 182 Å². The lowest BCUT2D eigenvalue weighted by Crippen LogP contribution is -2.38. The van der Waals surface area contributed by atoms with Crippen LogP contribution in [0.4, 0.5) is 13.2 Å². The van der Waals surface area contributed by atoms with Gasteiger partial charge in [-0.15, -0.1) is 9.36 Å². The van der Waals surface area contributed by atoms with Crippen molar-refractivity contribution in [1.82, 2.24) is 9.90 Å². The zero-order valence-electron chi connectivity index (χ0n) is 17.2. The van der Waals surface area contributed by atoms with Crippen LogP contribution in [-0.2, 0) is 23.9 Å². The molecule has 174 valence electrons. The molecule has 0 atom stereocenters. The molecule has 0 aliphatic carbocycles. The standard InChI is InChI=1S/C18H20N3O3.CHF3O3S/c1-20-16(14-7-5-4-6-8-14)12-21(19-20)13-24-15-9-10-17(22-2)18(11-15)23-3;2-1(3,4)8(5,6)7/h4-12H,13H2,1-3H3;(H,5,6,7)/q+1;/p-1. The first-order valence-electron chi connectivity index (χ1n) is 8.82. The Morgan fingerprint density at radius 3 is 2.19 bits per heavy atom. The van der Waals surface area contributed by atoms with Gasteiger partial charge in [-0.25, -0.2) is 8.42 Å². The summed E-state index contributed by atoms with van der Waals surface area (Å²) in [5.74, 6) is 1.99. The van der Waals surface area contributed by atoms with Crippen molar-refractivity contribution in [3.8, 4) is 28.5 Å². The molecular weight excluding hydrogens is 455 g/mol. The molecule has 3 aromatic rings. The molecule has 0 fully saturated rings. The quantitative estimate of drug-likeness (QED) is 0.306. The second-order valence-corrected chi connectivity index (χ2v) is 7.49. The number of methoxy groups -OCH3 is 2. The van der Waals surface area contributed by atoms with Gasteiger partial charge in [-0.2, -0.15) is 13.2 Å². The number of ether oxygens (including phenoxy) is 3. The van der Waals surface area contributed by atoms with E-state index in [1.807, 2.05) is 48.3 Å². The Kier molecular flexibility index (Phi) is 8.05. The highest BCUT2D eigenvalue weighted by atomic mass is 32.2. The molecule has 0 unspecified atom stereocenters. The molecule has 0 aliphatic heterocycles. The van der Waals surface area contributed by atoms with Gasteiger partial charge in [0.1, 0.15) is 12.8 Å². The molecule has 3 rings (SSSR count). The molecule has 2 aromatic carbocycles. The lowest BCUT2D eigenvalue weighted by atomic mass is 10.2. The van der Waals surface area contributed by atoms with E-state index in [1.165, 1.54) is 0 Å². The van der Waals surface area contributed by atoms with Crippen LogP contribution in [-0.4, -0.2) is 42.6 Å². The van der Waals surface area contributed by atoms with Crippen LogP contribution in [0.3, 0.4) is 0 Å². The number of nitrogens with zero attached hydrogens (tertiary/aromatic N) is 3. The second-order valence-electron chi connectivity index (χ2n) is 6.12. The molecule has 1 heterocycles. The largest absolute Gasteiger partial charge is 0.741 e. The summed E-state index contributed by atoms with van der Waals surface area (Å²) >= 11 is 0. The highest BCUT2D eigenvalue weighted by molar-refractivity contribution is 7.86. The molecule has 0 radical (unpaired) electrons. The summed E-state index contributed by atoms with van der Waals surface area (Å²) in [4.78, 5) is 0. The first kappa shape index (κ1) is 24.9. The fraction of sp³-hybridized carbons (Fsp3) is 0.263. The Morgan fingerprint density at radius 1 is 1.06 bits per heavy atom. The van der Waals surface area contributed by atoms with E-state index in [0.29, 0.717) is 24.0 Å². The lowest BCUT2D eigenvalue weighted by molar-refractivity contribution is -0.779. The number of halogens is 3. The van der Waals surface area contributed by atoms with Gasteiger partial charge in [0.15, 0.2) is 33.5 Å². The summed E-state index contributed by atoms with van der Waals surface area (Å²) in [5.41, 5.74) is -3.52. The van der Waals surface area contributed by atoms with Crippen molar-refractivity contribution >= 4 is 10.1 Å². The molecule has 0 N–H and O–H groups in total. The van der Waals surface area contributed by atoms with Gasteiger partial charge in [0.2, 0.25) is 0 Å². The number of hydrogen-bond donors (Lipinski definition) is 0. The van der Waals surface area contributed by atoms with Gasteiger partial charge in [-0.1, -0.05) is 30.3 Å². The number of hydrogen-bond acceptors (Lipinski definition) is 7. The van der Waals surface area contributed by atoms with Crippen molar-refractivity contribution in [2.24, 2.45) is 7.05 Å². The summed E-state index contributed by atoms with van der Waals surface area (Å²) in [6.45, 7) is 0.302. The molecule has 0 spiro atoms. The van der Waals surface area contributed by atoms with Crippen LogP contribution in [0.25, 0.3) is 11.3 Å². The smallest absolute Gasteiger partial charge is 0.485 e. The molecule has 0 saturated heterocycles. The van der Waals surface area contributed by atoms with E-state index >= 15 is 0 Å². The Balaban J connectivity index is 0.000000390. The third kappa shape index (κ3) is 6.59. The monoisotopic (exact) mass is 475 g/mol. The summed E-state index contributed by atoms with van der Waals surface area (Å²) in [6.07, 6.45) is 1.95. The van der Waals surface area contributed by atoms with E-state index in [1.54, 1.807) is 25.0 Å². The van der Waals surface area contributed by atoms with Crippen molar-refractivity contribution in [2.45, 2.75) is 12.2 Å². The molecule has 13 heteroatoms. The van der Waals surface area contributed by atoms with E-state index < -0.39 is 15.6 Å². The van der Waals surface area contributed by atoms with Crippen LogP contribution in [0, 0.1) is 0 Å². The van der Waals surface area contributed by atoms with Gasteiger partial charge in [0, 0.05) is 11.6 Å². The van der Waals surface area contributed by atoms with Gasteiger partial charge in [-0.3, -0.25) is 0 Å². The highest BCUT2D eigenvalue weighted by Gasteiger charge is 2.36. The SMILES string of the molecule is COc1ccc(OC[n+]2cc(-c3ccccc3)n(C)n2)cc1OC.O=S(=O)([O-])C(F)(F)F. The zero-order valence-corrected chi connectivity index (χ0v) is 18.1. The van der Waals surface area contributed by atoms with Crippen LogP contribution in [0.5, 0.6) is 17.2 Å². The first-order valence-corrected chi connectivity index (χ1v) is 10.2. The van der Waals surface area contributed by atoms with Crippen molar-refractivity contribution < 1.29 is 45.0 Å². The normalized spacial score (nSPS) is 11.3. The maximum absolute atomic E-state index is 10.7. The highest BCUT2D eigenvalue weighted by Crippen LogP contribution is 2.30. The van der Waals surface area contributed by atoms with E-state index in [4.69, 9.17) is 27.2 Å². The number of aromatic nitrogens is 3. The predicted octanol–water partition coefficient (Wildman–Crippen LogP) is 2.48. The molecule has 0 aliphatic rings. The molecule has 9 nitrogen and oxygen atoms in total. The Bertz CT molecular complexity index is 1130. The Morgan fingerprint density at radius 2 is 1.66 bits per heavy atom. The molecule has 0 amide bonds. The van der Waals surface area contributed by atoms with Crippen LogP contribution in [0.15, 0.2) is 54.7 Å². The van der Waals surface area contributed by atoms with E-state index in [0.717, 1.165) is 11.3 Å². The number of alkyl halides is 3. The topological polar surface area (TPSA) is 107 Å². The minimum Gasteiger partial charge on any atom is -0.741 e. The molecule has 1 aromatic heterocycles. The Hall–Kier alpha value is -3.32. The van der Waals surface area contributed by atoms with Gasteiger partial charge >= 0.3 is 5.51 Å². The minimum atomic E-state index is -6.09. The van der Waals surface area contributed by atoms with Gasteiger partial charge < -0.3 is 18.8 Å². The zero-order chi connectivity index (χ0) is 23.9. The van der Waals surface area contributed by atoms with Crippen LogP contribution >= 0.6 is 0 Å². The molecule has 0 bridgehead atoms. The molecule has 0 saturated carbocycles. The van der Waals surface area contributed by atoms with Crippen LogP contribution in [0.2, 0.25) is 0 Å². The second kappa shape index (κ2) is 10.3. The summed E-state index contributed by atoms with van der Waals surface area (Å²) < 4.78 is 78.8. The minimum absolute atomic E-state index is 0.302. The van der Waals surface area contributed by atoms with Crippen LogP contribution < -0.4 is 18.9 Å².